The molecule has 5 heteroatoms. The van der Waals surface area contributed by atoms with Crippen LogP contribution in [0.5, 0.6) is 0 Å². The van der Waals surface area contributed by atoms with E-state index in [0.29, 0.717) is 6.04 Å². The molecule has 0 saturated carbocycles. The van der Waals surface area contributed by atoms with Gasteiger partial charge in [-0.15, -0.1) is 0 Å². The highest BCUT2D eigenvalue weighted by Crippen LogP contribution is 2.35. The molecule has 146 valence electrons. The van der Waals surface area contributed by atoms with Gasteiger partial charge in [0.15, 0.2) is 5.65 Å². The number of nitrogens with zero attached hydrogens (tertiary/aromatic N) is 5. The van der Waals surface area contributed by atoms with E-state index >= 15 is 0 Å². The molecular weight excluding hydrogens is 346 g/mol. The number of unbranched alkanes of at least 4 members (excludes halogenated alkanes) is 1. The van der Waals surface area contributed by atoms with Gasteiger partial charge < -0.3 is 9.80 Å². The van der Waals surface area contributed by atoms with Crippen molar-refractivity contribution in [3.63, 3.8) is 0 Å². The zero-order valence-electron chi connectivity index (χ0n) is 17.4. The molecule has 4 rings (SSSR count). The summed E-state index contributed by atoms with van der Waals surface area (Å²) in [7, 11) is 4.33. The Morgan fingerprint density at radius 2 is 2.07 bits per heavy atom. The second kappa shape index (κ2) is 7.44. The SMILES string of the molecule is CCCCc1c(C)c(C#N)c2nc3ccccc3n2c1N1CC[C@H](N(C)C)C1. The van der Waals surface area contributed by atoms with Crippen molar-refractivity contribution in [3.8, 4) is 6.07 Å². The van der Waals surface area contributed by atoms with Crippen LogP contribution in [0.2, 0.25) is 0 Å². The Balaban J connectivity index is 2.03. The fourth-order valence-electron chi connectivity index (χ4n) is 4.50. The van der Waals surface area contributed by atoms with E-state index < -0.39 is 0 Å². The van der Waals surface area contributed by atoms with Crippen LogP contribution in [0.15, 0.2) is 24.3 Å². The van der Waals surface area contributed by atoms with Gasteiger partial charge in [-0.1, -0.05) is 25.5 Å². The maximum atomic E-state index is 9.94. The van der Waals surface area contributed by atoms with Gasteiger partial charge in [0.1, 0.15) is 11.9 Å². The molecule has 0 unspecified atom stereocenters. The molecule has 3 aromatic rings. The molecule has 0 N–H and O–H groups in total. The van der Waals surface area contributed by atoms with Crippen LogP contribution in [0.4, 0.5) is 5.82 Å². The molecule has 1 atom stereocenters. The monoisotopic (exact) mass is 375 g/mol. The minimum absolute atomic E-state index is 0.555. The quantitative estimate of drug-likeness (QED) is 0.672. The summed E-state index contributed by atoms with van der Waals surface area (Å²) in [5.74, 6) is 1.25. The normalized spacial score (nSPS) is 17.1. The number of anilines is 1. The molecule has 1 aliphatic rings. The molecule has 1 fully saturated rings. The number of rotatable bonds is 5. The molecule has 0 amide bonds. The first-order chi connectivity index (χ1) is 13.6. The second-order valence-electron chi connectivity index (χ2n) is 8.13. The maximum Gasteiger partial charge on any atom is 0.157 e. The van der Waals surface area contributed by atoms with Crippen molar-refractivity contribution in [1.82, 2.24) is 14.3 Å². The number of fused-ring (bicyclic) bond motifs is 3. The molecular formula is C23H29N5. The van der Waals surface area contributed by atoms with Gasteiger partial charge in [-0.25, -0.2) is 4.98 Å². The Labute approximate surface area is 167 Å². The Bertz CT molecular complexity index is 1060. The van der Waals surface area contributed by atoms with Gasteiger partial charge >= 0.3 is 0 Å². The summed E-state index contributed by atoms with van der Waals surface area (Å²) in [4.78, 5) is 9.70. The number of para-hydroxylation sites is 2. The van der Waals surface area contributed by atoms with E-state index in [2.05, 4.69) is 60.3 Å². The standard InChI is InChI=1S/C23H29N5/c1-5-6-9-18-16(2)19(14-24)22-25-20-10-7-8-11-21(20)28(22)23(18)27-13-12-17(15-27)26(3)4/h7-8,10-11,17H,5-6,9,12-13,15H2,1-4H3/t17-/m0/s1. The van der Waals surface area contributed by atoms with E-state index in [-0.39, 0.29) is 0 Å². The number of hydrogen-bond acceptors (Lipinski definition) is 4. The first-order valence-corrected chi connectivity index (χ1v) is 10.3. The van der Waals surface area contributed by atoms with Gasteiger partial charge in [0, 0.05) is 19.1 Å². The molecule has 0 aliphatic carbocycles. The number of pyridine rings is 1. The van der Waals surface area contributed by atoms with Crippen molar-refractivity contribution in [3.05, 3.63) is 41.0 Å². The van der Waals surface area contributed by atoms with Gasteiger partial charge in [-0.3, -0.25) is 4.40 Å². The highest BCUT2D eigenvalue weighted by atomic mass is 15.3. The molecule has 1 aliphatic heterocycles. The van der Waals surface area contributed by atoms with Gasteiger partial charge in [0.2, 0.25) is 0 Å². The minimum Gasteiger partial charge on any atom is -0.356 e. The highest BCUT2D eigenvalue weighted by Gasteiger charge is 2.30. The number of hydrogen-bond donors (Lipinski definition) is 0. The zero-order chi connectivity index (χ0) is 19.8. The van der Waals surface area contributed by atoms with Crippen molar-refractivity contribution in [2.24, 2.45) is 0 Å². The van der Waals surface area contributed by atoms with Crippen LogP contribution in [0.25, 0.3) is 16.7 Å². The average Bonchev–Trinajstić information content (AvgIpc) is 3.31. The van der Waals surface area contributed by atoms with Crippen molar-refractivity contribution >= 4 is 22.5 Å². The molecule has 1 aromatic carbocycles. The van der Waals surface area contributed by atoms with E-state index in [1.165, 1.54) is 11.4 Å². The lowest BCUT2D eigenvalue weighted by Gasteiger charge is -2.27. The van der Waals surface area contributed by atoms with Gasteiger partial charge in [-0.05, 0) is 63.5 Å². The lowest BCUT2D eigenvalue weighted by molar-refractivity contribution is 0.315. The highest BCUT2D eigenvalue weighted by molar-refractivity contribution is 5.86. The predicted molar refractivity (Wildman–Crippen MR) is 115 cm³/mol. The van der Waals surface area contributed by atoms with Crippen molar-refractivity contribution in [2.75, 3.05) is 32.1 Å². The Morgan fingerprint density at radius 1 is 1.29 bits per heavy atom. The van der Waals surface area contributed by atoms with Crippen LogP contribution in [0.1, 0.15) is 42.9 Å². The summed E-state index contributed by atoms with van der Waals surface area (Å²) in [6, 6.07) is 11.2. The molecule has 0 bridgehead atoms. The summed E-state index contributed by atoms with van der Waals surface area (Å²) < 4.78 is 2.25. The van der Waals surface area contributed by atoms with E-state index in [4.69, 9.17) is 4.98 Å². The zero-order valence-corrected chi connectivity index (χ0v) is 17.4. The predicted octanol–water partition coefficient (Wildman–Crippen LogP) is 4.15. The van der Waals surface area contributed by atoms with Crippen molar-refractivity contribution in [1.29, 1.82) is 5.26 Å². The topological polar surface area (TPSA) is 47.6 Å². The number of benzene rings is 1. The van der Waals surface area contributed by atoms with Crippen LogP contribution in [-0.2, 0) is 6.42 Å². The van der Waals surface area contributed by atoms with E-state index in [1.807, 2.05) is 12.1 Å². The average molecular weight is 376 g/mol. The minimum atomic E-state index is 0.555. The summed E-state index contributed by atoms with van der Waals surface area (Å²) in [5.41, 5.74) is 5.97. The van der Waals surface area contributed by atoms with Crippen LogP contribution >= 0.6 is 0 Å². The molecule has 5 nitrogen and oxygen atoms in total. The van der Waals surface area contributed by atoms with Crippen LogP contribution < -0.4 is 4.90 Å². The largest absolute Gasteiger partial charge is 0.356 e. The summed E-state index contributed by atoms with van der Waals surface area (Å²) in [6.07, 6.45) is 4.43. The molecule has 1 saturated heterocycles. The Morgan fingerprint density at radius 3 is 2.75 bits per heavy atom. The van der Waals surface area contributed by atoms with E-state index in [9.17, 15) is 5.26 Å². The third-order valence-electron chi connectivity index (χ3n) is 6.18. The maximum absolute atomic E-state index is 9.94. The van der Waals surface area contributed by atoms with Crippen LogP contribution in [0, 0.1) is 18.3 Å². The molecule has 0 spiro atoms. The fraction of sp³-hybridized carbons (Fsp3) is 0.478. The van der Waals surface area contributed by atoms with Gasteiger partial charge in [0.05, 0.1) is 16.6 Å². The first-order valence-electron chi connectivity index (χ1n) is 10.3. The molecule has 0 radical (unpaired) electrons. The third kappa shape index (κ3) is 2.93. The first kappa shape index (κ1) is 18.8. The fourth-order valence-corrected chi connectivity index (χ4v) is 4.50. The lowest BCUT2D eigenvalue weighted by atomic mass is 9.99. The number of imidazole rings is 1. The molecule has 28 heavy (non-hydrogen) atoms. The smallest absolute Gasteiger partial charge is 0.157 e. The van der Waals surface area contributed by atoms with E-state index in [1.54, 1.807) is 0 Å². The summed E-state index contributed by atoms with van der Waals surface area (Å²) in [5, 5.41) is 9.94. The number of nitriles is 1. The second-order valence-corrected chi connectivity index (χ2v) is 8.13. The summed E-state index contributed by atoms with van der Waals surface area (Å²) in [6.45, 7) is 6.38. The number of aromatic nitrogens is 2. The molecule has 3 heterocycles. The van der Waals surface area contributed by atoms with Gasteiger partial charge in [-0.2, -0.15) is 5.26 Å². The Kier molecular flexibility index (Phi) is 4.99. The van der Waals surface area contributed by atoms with Crippen molar-refractivity contribution < 1.29 is 0 Å². The van der Waals surface area contributed by atoms with Crippen LogP contribution in [0.3, 0.4) is 0 Å². The lowest BCUT2D eigenvalue weighted by Crippen LogP contribution is -2.32. The number of likely N-dealkylation sites (N-methyl/N-ethyl adjacent to an activating group) is 1. The van der Waals surface area contributed by atoms with Crippen LogP contribution in [-0.4, -0.2) is 47.5 Å². The third-order valence-corrected chi connectivity index (χ3v) is 6.18. The Hall–Kier alpha value is -2.58. The molecule has 2 aromatic heterocycles. The van der Waals surface area contributed by atoms with E-state index in [0.717, 1.165) is 66.6 Å². The van der Waals surface area contributed by atoms with Crippen molar-refractivity contribution in [2.45, 2.75) is 45.6 Å². The van der Waals surface area contributed by atoms with Gasteiger partial charge in [0.25, 0.3) is 0 Å². The summed E-state index contributed by atoms with van der Waals surface area (Å²) >= 11 is 0.